The number of benzene rings is 3. The Labute approximate surface area is 199 Å². The zero-order valence-electron chi connectivity index (χ0n) is 20.0. The Morgan fingerprint density at radius 1 is 0.879 bits per heavy atom. The quantitative estimate of drug-likeness (QED) is 0.457. The van der Waals surface area contributed by atoms with Gasteiger partial charge in [0.2, 0.25) is 0 Å². The van der Waals surface area contributed by atoms with Gasteiger partial charge in [0, 0.05) is 12.5 Å². The van der Waals surface area contributed by atoms with Crippen LogP contribution in [0.3, 0.4) is 0 Å². The molecule has 1 N–H and O–H groups in total. The molecule has 3 heteroatoms. The Bertz CT molecular complexity index is 994. The summed E-state index contributed by atoms with van der Waals surface area (Å²) in [6.07, 6.45) is 4.71. The summed E-state index contributed by atoms with van der Waals surface area (Å²) in [7, 11) is 0. The normalized spacial score (nSPS) is 19.9. The molecule has 0 spiro atoms. The molecule has 3 nitrogen and oxygen atoms in total. The summed E-state index contributed by atoms with van der Waals surface area (Å²) in [5.41, 5.74) is 5.30. The Morgan fingerprint density at radius 3 is 2.33 bits per heavy atom. The maximum Gasteiger partial charge on any atom is 0.119 e. The first kappa shape index (κ1) is 23.4. The van der Waals surface area contributed by atoms with E-state index >= 15 is 0 Å². The minimum absolute atomic E-state index is 0.283. The minimum Gasteiger partial charge on any atom is -0.508 e. The number of phenolic OH excluding ortho intramolecular Hbond substituents is 1. The molecular formula is C30H37NO2. The summed E-state index contributed by atoms with van der Waals surface area (Å²) in [6.45, 7) is 8.18. The zero-order valence-corrected chi connectivity index (χ0v) is 20.0. The van der Waals surface area contributed by atoms with E-state index in [1.165, 1.54) is 48.2 Å². The second-order valence-electron chi connectivity index (χ2n) is 8.88. The van der Waals surface area contributed by atoms with Crippen molar-refractivity contribution in [3.63, 3.8) is 0 Å². The summed E-state index contributed by atoms with van der Waals surface area (Å²) in [4.78, 5) is 2.48. The molecule has 0 radical (unpaired) electrons. The zero-order chi connectivity index (χ0) is 23.0. The Morgan fingerprint density at radius 2 is 1.61 bits per heavy atom. The van der Waals surface area contributed by atoms with Gasteiger partial charge in [0.05, 0.1) is 0 Å². The van der Waals surface area contributed by atoms with E-state index in [-0.39, 0.29) is 5.92 Å². The van der Waals surface area contributed by atoms with Gasteiger partial charge in [-0.25, -0.2) is 0 Å². The SMILES string of the molecule is CC.Oc1ccc2c(c1)CC[C@H](c1ccccc1)[C@@H]2c1ccc(OCCN2CCCC2)cc1. The van der Waals surface area contributed by atoms with Crippen molar-refractivity contribution in [1.82, 2.24) is 4.90 Å². The lowest BCUT2D eigenvalue weighted by molar-refractivity contribution is 0.237. The van der Waals surface area contributed by atoms with Crippen LogP contribution in [0.2, 0.25) is 0 Å². The van der Waals surface area contributed by atoms with Crippen molar-refractivity contribution >= 4 is 0 Å². The number of aromatic hydroxyl groups is 1. The molecule has 1 aliphatic heterocycles. The summed E-state index contributed by atoms with van der Waals surface area (Å²) < 4.78 is 6.03. The first-order valence-corrected chi connectivity index (χ1v) is 12.6. The van der Waals surface area contributed by atoms with Gasteiger partial charge < -0.3 is 9.84 Å². The third-order valence-corrected chi connectivity index (χ3v) is 6.93. The first-order chi connectivity index (χ1) is 16.3. The average molecular weight is 444 g/mol. The summed E-state index contributed by atoms with van der Waals surface area (Å²) >= 11 is 0. The summed E-state index contributed by atoms with van der Waals surface area (Å²) in [5.74, 6) is 2.02. The Kier molecular flexibility index (Phi) is 8.06. The molecule has 0 saturated carbocycles. The van der Waals surface area contributed by atoms with Gasteiger partial charge in [-0.05, 0) is 91.2 Å². The molecule has 1 aliphatic carbocycles. The molecule has 0 bridgehead atoms. The van der Waals surface area contributed by atoms with Crippen molar-refractivity contribution < 1.29 is 9.84 Å². The number of hydrogen-bond donors (Lipinski definition) is 1. The maximum atomic E-state index is 10.0. The molecule has 0 aromatic heterocycles. The van der Waals surface area contributed by atoms with Gasteiger partial charge in [-0.3, -0.25) is 4.90 Å². The fourth-order valence-electron chi connectivity index (χ4n) is 5.35. The fourth-order valence-corrected chi connectivity index (χ4v) is 5.35. The van der Waals surface area contributed by atoms with Crippen molar-refractivity contribution in [1.29, 1.82) is 0 Å². The largest absolute Gasteiger partial charge is 0.508 e. The van der Waals surface area contributed by atoms with Crippen LogP contribution < -0.4 is 4.74 Å². The molecule has 0 amide bonds. The van der Waals surface area contributed by atoms with Gasteiger partial charge in [-0.1, -0.05) is 62.4 Å². The summed E-state index contributed by atoms with van der Waals surface area (Å²) in [6, 6.07) is 25.4. The van der Waals surface area contributed by atoms with E-state index in [0.717, 1.165) is 31.7 Å². The predicted octanol–water partition coefficient (Wildman–Crippen LogP) is 6.75. The van der Waals surface area contributed by atoms with Crippen LogP contribution in [-0.2, 0) is 6.42 Å². The second kappa shape index (κ2) is 11.4. The number of likely N-dealkylation sites (tertiary alicyclic amines) is 1. The Balaban J connectivity index is 0.00000126. The average Bonchev–Trinajstić information content (AvgIpc) is 3.39. The number of rotatable bonds is 6. The monoisotopic (exact) mass is 443 g/mol. The molecular weight excluding hydrogens is 406 g/mol. The lowest BCUT2D eigenvalue weighted by Crippen LogP contribution is -2.25. The number of aryl methyl sites for hydroxylation is 1. The molecule has 3 aromatic carbocycles. The van der Waals surface area contributed by atoms with E-state index in [1.807, 2.05) is 26.0 Å². The van der Waals surface area contributed by atoms with Crippen molar-refractivity contribution in [3.05, 3.63) is 95.1 Å². The minimum atomic E-state index is 0.283. The molecule has 1 saturated heterocycles. The third-order valence-electron chi connectivity index (χ3n) is 6.93. The van der Waals surface area contributed by atoms with Gasteiger partial charge in [-0.15, -0.1) is 0 Å². The van der Waals surface area contributed by atoms with Crippen molar-refractivity contribution in [2.24, 2.45) is 0 Å². The maximum absolute atomic E-state index is 10.0. The molecule has 0 unspecified atom stereocenters. The lowest BCUT2D eigenvalue weighted by atomic mass is 9.69. The van der Waals surface area contributed by atoms with Gasteiger partial charge in [0.25, 0.3) is 0 Å². The topological polar surface area (TPSA) is 32.7 Å². The second-order valence-corrected chi connectivity index (χ2v) is 8.88. The van der Waals surface area contributed by atoms with Crippen LogP contribution >= 0.6 is 0 Å². The highest BCUT2D eigenvalue weighted by molar-refractivity contribution is 5.48. The smallest absolute Gasteiger partial charge is 0.119 e. The standard InChI is InChI=1S/C28H31NO2.C2H6/c30-24-11-15-27-23(20-24)10-14-26(21-6-2-1-3-7-21)28(27)22-8-12-25(13-9-22)31-19-18-29-16-4-5-17-29;1-2/h1-3,6-9,11-13,15,20,26,28,30H,4-5,10,14,16-19H2;1-2H3/t26-,28+;/m1./s1. The van der Waals surface area contributed by atoms with Crippen LogP contribution in [-0.4, -0.2) is 36.2 Å². The van der Waals surface area contributed by atoms with Crippen molar-refractivity contribution in [2.45, 2.75) is 51.4 Å². The van der Waals surface area contributed by atoms with Gasteiger partial charge in [-0.2, -0.15) is 0 Å². The van der Waals surface area contributed by atoms with E-state index in [4.69, 9.17) is 4.74 Å². The molecule has 1 heterocycles. The number of fused-ring (bicyclic) bond motifs is 1. The number of phenols is 1. The van der Waals surface area contributed by atoms with Crippen molar-refractivity contribution in [2.75, 3.05) is 26.2 Å². The lowest BCUT2D eigenvalue weighted by Gasteiger charge is -2.35. The van der Waals surface area contributed by atoms with E-state index in [0.29, 0.717) is 11.7 Å². The van der Waals surface area contributed by atoms with Crippen LogP contribution in [0.1, 0.15) is 67.2 Å². The van der Waals surface area contributed by atoms with Crippen LogP contribution in [0.5, 0.6) is 11.5 Å². The first-order valence-electron chi connectivity index (χ1n) is 12.6. The third kappa shape index (κ3) is 5.59. The van der Waals surface area contributed by atoms with Gasteiger partial charge in [0.15, 0.2) is 0 Å². The number of ether oxygens (including phenoxy) is 1. The van der Waals surface area contributed by atoms with E-state index in [9.17, 15) is 5.11 Å². The Hall–Kier alpha value is -2.78. The highest BCUT2D eigenvalue weighted by atomic mass is 16.5. The van der Waals surface area contributed by atoms with Crippen LogP contribution in [0.25, 0.3) is 0 Å². The molecule has 2 atom stereocenters. The molecule has 3 aromatic rings. The molecule has 2 aliphatic rings. The molecule has 1 fully saturated rings. The predicted molar refractivity (Wildman–Crippen MR) is 136 cm³/mol. The van der Waals surface area contributed by atoms with Crippen LogP contribution in [0, 0.1) is 0 Å². The van der Waals surface area contributed by atoms with E-state index in [2.05, 4.69) is 65.6 Å². The molecule has 174 valence electrons. The fraction of sp³-hybridized carbons (Fsp3) is 0.400. The van der Waals surface area contributed by atoms with E-state index < -0.39 is 0 Å². The van der Waals surface area contributed by atoms with Gasteiger partial charge >= 0.3 is 0 Å². The number of nitrogens with zero attached hydrogens (tertiary/aromatic N) is 1. The van der Waals surface area contributed by atoms with E-state index in [1.54, 1.807) is 0 Å². The number of hydrogen-bond acceptors (Lipinski definition) is 3. The molecule has 33 heavy (non-hydrogen) atoms. The van der Waals surface area contributed by atoms with Crippen molar-refractivity contribution in [3.8, 4) is 11.5 Å². The van der Waals surface area contributed by atoms with Crippen LogP contribution in [0.4, 0.5) is 0 Å². The van der Waals surface area contributed by atoms with Crippen LogP contribution in [0.15, 0.2) is 72.8 Å². The molecule has 5 rings (SSSR count). The highest BCUT2D eigenvalue weighted by Gasteiger charge is 2.32. The summed E-state index contributed by atoms with van der Waals surface area (Å²) in [5, 5.41) is 10.0. The van der Waals surface area contributed by atoms with Gasteiger partial charge in [0.1, 0.15) is 18.1 Å². The highest BCUT2D eigenvalue weighted by Crippen LogP contribution is 2.47.